The molecule has 1 saturated carbocycles. The lowest BCUT2D eigenvalue weighted by atomic mass is 10.1. The molecular formula is C9H15NO2. The number of carbonyl (C=O) groups excluding carboxylic acids is 2. The monoisotopic (exact) mass is 169 g/mol. The fourth-order valence-corrected chi connectivity index (χ4v) is 1.06. The normalized spacial score (nSPS) is 18.5. The minimum atomic E-state index is -0.303. The first-order valence-corrected chi connectivity index (χ1v) is 4.48. The average Bonchev–Trinajstić information content (AvgIpc) is 2.84. The van der Waals surface area contributed by atoms with Crippen LogP contribution in [0.1, 0.15) is 33.1 Å². The minimum absolute atomic E-state index is 0.0456. The van der Waals surface area contributed by atoms with Crippen molar-refractivity contribution in [3.8, 4) is 0 Å². The smallest absolute Gasteiger partial charge is 0.223 e. The van der Waals surface area contributed by atoms with E-state index in [1.54, 1.807) is 6.92 Å². The van der Waals surface area contributed by atoms with Gasteiger partial charge in [-0.3, -0.25) is 9.59 Å². The summed E-state index contributed by atoms with van der Waals surface area (Å²) in [6, 6.07) is -0.303. The van der Waals surface area contributed by atoms with E-state index in [4.69, 9.17) is 0 Å². The number of ketones is 1. The Hall–Kier alpha value is -0.860. The molecule has 1 aliphatic carbocycles. The van der Waals surface area contributed by atoms with E-state index in [1.165, 1.54) is 0 Å². The van der Waals surface area contributed by atoms with Gasteiger partial charge in [0.2, 0.25) is 5.91 Å². The number of hydrogen-bond donors (Lipinski definition) is 1. The highest BCUT2D eigenvalue weighted by atomic mass is 16.2. The second kappa shape index (κ2) is 3.70. The molecule has 1 N–H and O–H groups in total. The van der Waals surface area contributed by atoms with E-state index in [0.29, 0.717) is 6.42 Å². The lowest BCUT2D eigenvalue weighted by molar-refractivity contribution is -0.128. The van der Waals surface area contributed by atoms with E-state index >= 15 is 0 Å². The quantitative estimate of drug-likeness (QED) is 0.679. The molecule has 0 saturated heterocycles. The summed E-state index contributed by atoms with van der Waals surface area (Å²) < 4.78 is 0. The molecule has 0 bridgehead atoms. The van der Waals surface area contributed by atoms with Gasteiger partial charge < -0.3 is 5.32 Å². The van der Waals surface area contributed by atoms with Gasteiger partial charge in [-0.2, -0.15) is 0 Å². The zero-order valence-corrected chi connectivity index (χ0v) is 7.59. The zero-order chi connectivity index (χ0) is 9.14. The molecule has 68 valence electrons. The van der Waals surface area contributed by atoms with E-state index in [2.05, 4.69) is 5.32 Å². The van der Waals surface area contributed by atoms with Crippen LogP contribution in [-0.2, 0) is 9.59 Å². The fraction of sp³-hybridized carbons (Fsp3) is 0.778. The molecule has 0 aliphatic heterocycles. The van der Waals surface area contributed by atoms with Crippen molar-refractivity contribution >= 4 is 11.7 Å². The van der Waals surface area contributed by atoms with Crippen molar-refractivity contribution in [1.82, 2.24) is 5.32 Å². The van der Waals surface area contributed by atoms with E-state index in [1.807, 2.05) is 6.92 Å². The van der Waals surface area contributed by atoms with Crippen molar-refractivity contribution in [2.75, 3.05) is 0 Å². The van der Waals surface area contributed by atoms with Gasteiger partial charge in [0.15, 0.2) is 5.78 Å². The highest BCUT2D eigenvalue weighted by Gasteiger charge is 2.30. The second-order valence-electron chi connectivity index (χ2n) is 3.32. The Labute approximate surface area is 72.5 Å². The van der Waals surface area contributed by atoms with Gasteiger partial charge in [-0.25, -0.2) is 0 Å². The lowest BCUT2D eigenvalue weighted by Gasteiger charge is -2.10. The summed E-state index contributed by atoms with van der Waals surface area (Å²) in [5.74, 6) is 0.338. The number of rotatable bonds is 4. The summed E-state index contributed by atoms with van der Waals surface area (Å²) in [6.45, 7) is 3.55. The average molecular weight is 169 g/mol. The van der Waals surface area contributed by atoms with Gasteiger partial charge in [0.25, 0.3) is 0 Å². The molecule has 0 spiro atoms. The van der Waals surface area contributed by atoms with Crippen molar-refractivity contribution in [3.63, 3.8) is 0 Å². The van der Waals surface area contributed by atoms with Crippen molar-refractivity contribution in [2.45, 2.75) is 39.2 Å². The largest absolute Gasteiger partial charge is 0.346 e. The Kier molecular flexibility index (Phi) is 2.84. The number of Topliss-reactive ketones (excluding diaryl/α,β-unsaturated/α-hetero) is 1. The molecule has 1 fully saturated rings. The van der Waals surface area contributed by atoms with E-state index in [0.717, 1.165) is 12.8 Å². The Morgan fingerprint density at radius 3 is 2.50 bits per heavy atom. The molecule has 0 aromatic carbocycles. The summed E-state index contributed by atoms with van der Waals surface area (Å²) in [7, 11) is 0. The van der Waals surface area contributed by atoms with Gasteiger partial charge in [-0.15, -0.1) is 0 Å². The van der Waals surface area contributed by atoms with Gasteiger partial charge in [-0.1, -0.05) is 6.92 Å². The zero-order valence-electron chi connectivity index (χ0n) is 7.59. The fourth-order valence-electron chi connectivity index (χ4n) is 1.06. The topological polar surface area (TPSA) is 46.2 Å². The van der Waals surface area contributed by atoms with Crippen LogP contribution >= 0.6 is 0 Å². The third kappa shape index (κ3) is 2.32. The Bertz CT molecular complexity index is 197. The van der Waals surface area contributed by atoms with Crippen LogP contribution in [0.15, 0.2) is 0 Å². The van der Waals surface area contributed by atoms with Crippen molar-refractivity contribution in [3.05, 3.63) is 0 Å². The highest BCUT2D eigenvalue weighted by molar-refractivity contribution is 5.89. The Morgan fingerprint density at radius 1 is 1.50 bits per heavy atom. The predicted molar refractivity (Wildman–Crippen MR) is 45.6 cm³/mol. The van der Waals surface area contributed by atoms with Gasteiger partial charge in [0.1, 0.15) is 0 Å². The first-order chi connectivity index (χ1) is 5.65. The summed E-state index contributed by atoms with van der Waals surface area (Å²) in [5, 5.41) is 2.70. The molecule has 0 aromatic heterocycles. The summed E-state index contributed by atoms with van der Waals surface area (Å²) in [5.41, 5.74) is 0. The van der Waals surface area contributed by atoms with Crippen LogP contribution in [0.4, 0.5) is 0 Å². The molecule has 3 heteroatoms. The van der Waals surface area contributed by atoms with Crippen LogP contribution in [0.5, 0.6) is 0 Å². The molecule has 1 atom stereocenters. The van der Waals surface area contributed by atoms with Crippen LogP contribution in [0, 0.1) is 5.92 Å². The molecule has 0 aromatic rings. The maximum absolute atomic E-state index is 11.2. The van der Waals surface area contributed by atoms with Crippen LogP contribution in [0.25, 0.3) is 0 Å². The van der Waals surface area contributed by atoms with Crippen molar-refractivity contribution < 1.29 is 9.59 Å². The van der Waals surface area contributed by atoms with Gasteiger partial charge in [-0.05, 0) is 19.8 Å². The summed E-state index contributed by atoms with van der Waals surface area (Å²) in [4.78, 5) is 22.2. The number of hydrogen-bond acceptors (Lipinski definition) is 2. The molecule has 1 amide bonds. The highest BCUT2D eigenvalue weighted by Crippen LogP contribution is 2.28. The Morgan fingerprint density at radius 2 is 2.08 bits per heavy atom. The first-order valence-electron chi connectivity index (χ1n) is 4.48. The van der Waals surface area contributed by atoms with Crippen LogP contribution in [-0.4, -0.2) is 17.7 Å². The lowest BCUT2D eigenvalue weighted by Crippen LogP contribution is -2.38. The molecule has 1 rings (SSSR count). The maximum Gasteiger partial charge on any atom is 0.223 e. The van der Waals surface area contributed by atoms with Crippen molar-refractivity contribution in [1.29, 1.82) is 0 Å². The molecule has 0 heterocycles. The Balaban J connectivity index is 2.29. The summed E-state index contributed by atoms with van der Waals surface area (Å²) >= 11 is 0. The van der Waals surface area contributed by atoms with E-state index < -0.39 is 0 Å². The molecular weight excluding hydrogens is 154 g/mol. The van der Waals surface area contributed by atoms with Gasteiger partial charge in [0.05, 0.1) is 6.04 Å². The molecule has 1 aliphatic rings. The number of amides is 1. The third-order valence-corrected chi connectivity index (χ3v) is 2.14. The van der Waals surface area contributed by atoms with Crippen LogP contribution in [0.2, 0.25) is 0 Å². The second-order valence-corrected chi connectivity index (χ2v) is 3.32. The molecule has 0 radical (unpaired) electrons. The SMILES string of the molecule is CCC(=O)C(C)NC(=O)C1CC1. The first kappa shape index (κ1) is 9.23. The minimum Gasteiger partial charge on any atom is -0.346 e. The van der Waals surface area contributed by atoms with Crippen molar-refractivity contribution in [2.24, 2.45) is 5.92 Å². The summed E-state index contributed by atoms with van der Waals surface area (Å²) in [6.07, 6.45) is 2.46. The predicted octanol–water partition coefficient (Wildman–Crippen LogP) is 0.880. The van der Waals surface area contributed by atoms with Gasteiger partial charge >= 0.3 is 0 Å². The van der Waals surface area contributed by atoms with Crippen LogP contribution in [0.3, 0.4) is 0 Å². The van der Waals surface area contributed by atoms with Gasteiger partial charge in [0, 0.05) is 12.3 Å². The van der Waals surface area contributed by atoms with E-state index in [9.17, 15) is 9.59 Å². The van der Waals surface area contributed by atoms with E-state index in [-0.39, 0.29) is 23.7 Å². The molecule has 12 heavy (non-hydrogen) atoms. The third-order valence-electron chi connectivity index (χ3n) is 2.14. The van der Waals surface area contributed by atoms with Crippen LogP contribution < -0.4 is 5.32 Å². The molecule has 1 unspecified atom stereocenters. The maximum atomic E-state index is 11.2. The molecule has 3 nitrogen and oxygen atoms in total. The number of nitrogens with one attached hydrogen (secondary N) is 1. The standard InChI is InChI=1S/C9H15NO2/c1-3-8(11)6(2)10-9(12)7-4-5-7/h6-7H,3-5H2,1-2H3,(H,10,12). The number of carbonyl (C=O) groups is 2.